The Balaban J connectivity index is 3.13. The summed E-state index contributed by atoms with van der Waals surface area (Å²) >= 11 is 0. The van der Waals surface area contributed by atoms with Gasteiger partial charge in [-0.15, -0.1) is 0 Å². The Kier molecular flexibility index (Phi) is 5.35. The molecule has 20 heavy (non-hydrogen) atoms. The van der Waals surface area contributed by atoms with Crippen molar-refractivity contribution in [2.45, 2.75) is 45.4 Å². The quantitative estimate of drug-likeness (QED) is 0.805. The van der Waals surface area contributed by atoms with Crippen molar-refractivity contribution in [1.82, 2.24) is 4.72 Å². The summed E-state index contributed by atoms with van der Waals surface area (Å²) in [5.74, 6) is -0.886. The lowest BCUT2D eigenvalue weighted by Gasteiger charge is -2.13. The van der Waals surface area contributed by atoms with Crippen molar-refractivity contribution in [3.05, 3.63) is 17.1 Å². The maximum atomic E-state index is 12.3. The fraction of sp³-hybridized carbons (Fsp3) is 0.615. The van der Waals surface area contributed by atoms with Crippen LogP contribution in [0.4, 0.5) is 0 Å². The molecule has 0 radical (unpaired) electrons. The molecule has 0 aliphatic carbocycles. The zero-order valence-corrected chi connectivity index (χ0v) is 13.0. The van der Waals surface area contributed by atoms with Gasteiger partial charge in [0.1, 0.15) is 22.0 Å². The van der Waals surface area contributed by atoms with Crippen LogP contribution in [0.5, 0.6) is 0 Å². The van der Waals surface area contributed by atoms with E-state index in [1.54, 1.807) is 0 Å². The number of rotatable bonds is 7. The summed E-state index contributed by atoms with van der Waals surface area (Å²) < 4.78 is 32.2. The Morgan fingerprint density at radius 1 is 1.25 bits per heavy atom. The highest BCUT2D eigenvalue weighted by Crippen LogP contribution is 2.26. The summed E-state index contributed by atoms with van der Waals surface area (Å²) in [6.07, 6.45) is 1.71. The van der Waals surface area contributed by atoms with Crippen LogP contribution in [0.1, 0.15) is 48.6 Å². The van der Waals surface area contributed by atoms with Crippen LogP contribution in [0.25, 0.3) is 0 Å². The van der Waals surface area contributed by atoms with Crippen LogP contribution in [0, 0.1) is 19.8 Å². The number of aryl methyl sites for hydroxylation is 2. The lowest BCUT2D eigenvalue weighted by molar-refractivity contribution is 0.0691. The van der Waals surface area contributed by atoms with Crippen LogP contribution >= 0.6 is 0 Å². The van der Waals surface area contributed by atoms with Crippen molar-refractivity contribution >= 4 is 16.0 Å². The summed E-state index contributed by atoms with van der Waals surface area (Å²) in [7, 11) is -3.89. The van der Waals surface area contributed by atoms with Gasteiger partial charge in [0.25, 0.3) is 0 Å². The topological polar surface area (TPSA) is 96.6 Å². The predicted molar refractivity (Wildman–Crippen MR) is 74.4 cm³/mol. The Morgan fingerprint density at radius 2 is 1.80 bits per heavy atom. The van der Waals surface area contributed by atoms with Crippen LogP contribution < -0.4 is 4.72 Å². The van der Waals surface area contributed by atoms with Crippen molar-refractivity contribution in [3.63, 3.8) is 0 Å². The van der Waals surface area contributed by atoms with Crippen molar-refractivity contribution in [2.75, 3.05) is 6.54 Å². The molecule has 1 heterocycles. The van der Waals surface area contributed by atoms with Crippen molar-refractivity contribution < 1.29 is 22.7 Å². The Hall–Kier alpha value is -1.34. The van der Waals surface area contributed by atoms with E-state index in [1.807, 2.05) is 13.8 Å². The first-order valence-electron chi connectivity index (χ1n) is 6.57. The van der Waals surface area contributed by atoms with E-state index >= 15 is 0 Å². The molecular formula is C13H21NO5S. The SMILES string of the molecule is CCC(CC)CNS(=O)(=O)c1c(C)oc(C)c1C(=O)O. The molecule has 1 aromatic heterocycles. The van der Waals surface area contributed by atoms with E-state index < -0.39 is 16.0 Å². The Morgan fingerprint density at radius 3 is 2.25 bits per heavy atom. The third kappa shape index (κ3) is 3.40. The monoisotopic (exact) mass is 303 g/mol. The molecule has 0 aliphatic rings. The van der Waals surface area contributed by atoms with Gasteiger partial charge in [-0.2, -0.15) is 0 Å². The highest BCUT2D eigenvalue weighted by molar-refractivity contribution is 7.89. The number of hydrogen-bond acceptors (Lipinski definition) is 4. The molecular weight excluding hydrogens is 282 g/mol. The van der Waals surface area contributed by atoms with Gasteiger partial charge in [0.2, 0.25) is 10.0 Å². The number of nitrogens with one attached hydrogen (secondary N) is 1. The first-order chi connectivity index (χ1) is 9.24. The summed E-state index contributed by atoms with van der Waals surface area (Å²) in [5.41, 5.74) is -0.292. The molecule has 1 aromatic rings. The molecule has 0 saturated heterocycles. The fourth-order valence-electron chi connectivity index (χ4n) is 2.11. The van der Waals surface area contributed by atoms with Crippen molar-refractivity contribution in [3.8, 4) is 0 Å². The van der Waals surface area contributed by atoms with Gasteiger partial charge >= 0.3 is 5.97 Å². The summed E-state index contributed by atoms with van der Waals surface area (Å²) in [6.45, 7) is 7.15. The van der Waals surface area contributed by atoms with Crippen LogP contribution in [0.15, 0.2) is 9.31 Å². The molecule has 0 atom stereocenters. The zero-order chi connectivity index (χ0) is 15.5. The van der Waals surface area contributed by atoms with Gasteiger partial charge < -0.3 is 9.52 Å². The molecule has 0 bridgehead atoms. The fourth-order valence-corrected chi connectivity index (χ4v) is 3.63. The molecule has 0 amide bonds. The highest BCUT2D eigenvalue weighted by atomic mass is 32.2. The van der Waals surface area contributed by atoms with Crippen LogP contribution in [-0.2, 0) is 10.0 Å². The van der Waals surface area contributed by atoms with Crippen LogP contribution in [0.2, 0.25) is 0 Å². The summed E-state index contributed by atoms with van der Waals surface area (Å²) in [5, 5.41) is 9.14. The second-order valence-corrected chi connectivity index (χ2v) is 6.46. The number of sulfonamides is 1. The molecule has 7 heteroatoms. The number of aromatic carboxylic acids is 1. The lowest BCUT2D eigenvalue weighted by Crippen LogP contribution is -2.30. The van der Waals surface area contributed by atoms with Crippen molar-refractivity contribution in [1.29, 1.82) is 0 Å². The van der Waals surface area contributed by atoms with Gasteiger partial charge in [0, 0.05) is 6.54 Å². The molecule has 0 spiro atoms. The normalized spacial score (nSPS) is 12.1. The second kappa shape index (κ2) is 6.41. The maximum Gasteiger partial charge on any atom is 0.340 e. The number of carboxylic acids is 1. The van der Waals surface area contributed by atoms with Crippen LogP contribution in [-0.4, -0.2) is 26.0 Å². The average Bonchev–Trinajstić information content (AvgIpc) is 2.66. The van der Waals surface area contributed by atoms with Gasteiger partial charge in [-0.05, 0) is 19.8 Å². The third-order valence-electron chi connectivity index (χ3n) is 3.40. The van der Waals surface area contributed by atoms with Crippen molar-refractivity contribution in [2.24, 2.45) is 5.92 Å². The van der Waals surface area contributed by atoms with Gasteiger partial charge in [0.15, 0.2) is 0 Å². The number of carboxylic acid groups (broad SMARTS) is 1. The summed E-state index contributed by atoms with van der Waals surface area (Å²) in [4.78, 5) is 10.9. The maximum absolute atomic E-state index is 12.3. The molecule has 0 fully saturated rings. The Bertz CT molecular complexity index is 584. The smallest absolute Gasteiger partial charge is 0.340 e. The molecule has 114 valence electrons. The van der Waals surface area contributed by atoms with Crippen LogP contribution in [0.3, 0.4) is 0 Å². The zero-order valence-electron chi connectivity index (χ0n) is 12.2. The molecule has 2 N–H and O–H groups in total. The standard InChI is InChI=1S/C13H21NO5S/c1-5-10(6-2)7-14-20(17,18)12-9(4)19-8(3)11(12)13(15)16/h10,14H,5-7H2,1-4H3,(H,15,16). The molecule has 1 rings (SSSR count). The largest absolute Gasteiger partial charge is 0.478 e. The number of hydrogen-bond donors (Lipinski definition) is 2. The van der Waals surface area contributed by atoms with Gasteiger partial charge in [-0.1, -0.05) is 26.7 Å². The van der Waals surface area contributed by atoms with E-state index in [9.17, 15) is 13.2 Å². The Labute approximate surface area is 119 Å². The molecule has 0 unspecified atom stereocenters. The molecule has 0 saturated carbocycles. The first kappa shape index (κ1) is 16.7. The molecule has 0 aliphatic heterocycles. The average molecular weight is 303 g/mol. The first-order valence-corrected chi connectivity index (χ1v) is 8.05. The minimum atomic E-state index is -3.89. The third-order valence-corrected chi connectivity index (χ3v) is 4.98. The summed E-state index contributed by atoms with van der Waals surface area (Å²) in [6, 6.07) is 0. The second-order valence-electron chi connectivity index (χ2n) is 4.76. The molecule has 0 aromatic carbocycles. The minimum Gasteiger partial charge on any atom is -0.478 e. The van der Waals surface area contributed by atoms with Gasteiger partial charge in [-0.3, -0.25) is 0 Å². The van der Waals surface area contributed by atoms with E-state index in [-0.39, 0.29) is 34.4 Å². The highest BCUT2D eigenvalue weighted by Gasteiger charge is 2.30. The predicted octanol–water partition coefficient (Wildman–Crippen LogP) is 2.31. The minimum absolute atomic E-state index is 0.0944. The lowest BCUT2D eigenvalue weighted by atomic mass is 10.0. The van der Waals surface area contributed by atoms with E-state index in [4.69, 9.17) is 9.52 Å². The van der Waals surface area contributed by atoms with E-state index in [0.717, 1.165) is 12.8 Å². The van der Waals surface area contributed by atoms with Gasteiger partial charge in [0.05, 0.1) is 0 Å². The van der Waals surface area contributed by atoms with E-state index in [0.29, 0.717) is 0 Å². The number of furan rings is 1. The van der Waals surface area contributed by atoms with Gasteiger partial charge in [-0.25, -0.2) is 17.9 Å². The van der Waals surface area contributed by atoms with E-state index in [1.165, 1.54) is 13.8 Å². The molecule has 6 nitrogen and oxygen atoms in total. The van der Waals surface area contributed by atoms with E-state index in [2.05, 4.69) is 4.72 Å². The number of carbonyl (C=O) groups is 1.